The van der Waals surface area contributed by atoms with Crippen LogP contribution in [0.15, 0.2) is 18.7 Å². The molecule has 0 aliphatic carbocycles. The highest BCUT2D eigenvalue weighted by atomic mass is 16.4. The maximum Gasteiger partial charge on any atom is 0.326 e. The van der Waals surface area contributed by atoms with Gasteiger partial charge >= 0.3 is 12.0 Å². The van der Waals surface area contributed by atoms with Gasteiger partial charge in [0.25, 0.3) is 0 Å². The molecule has 7 heteroatoms. The first kappa shape index (κ1) is 13.0. The van der Waals surface area contributed by atoms with E-state index >= 15 is 0 Å². The Hall–Kier alpha value is -2.05. The predicted molar refractivity (Wildman–Crippen MR) is 60.5 cm³/mol. The van der Waals surface area contributed by atoms with Crippen LogP contribution in [0.4, 0.5) is 4.79 Å². The fourth-order valence-electron chi connectivity index (χ4n) is 1.18. The van der Waals surface area contributed by atoms with Crippen molar-refractivity contribution in [3.8, 4) is 0 Å². The number of aromatic nitrogens is 2. The number of imidazole rings is 1. The zero-order valence-electron chi connectivity index (χ0n) is 9.83. The van der Waals surface area contributed by atoms with Gasteiger partial charge in [0.05, 0.1) is 6.33 Å². The Morgan fingerprint density at radius 2 is 2.29 bits per heavy atom. The highest BCUT2D eigenvalue weighted by Crippen LogP contribution is 1.95. The van der Waals surface area contributed by atoms with Crippen LogP contribution in [0.5, 0.6) is 0 Å². The summed E-state index contributed by atoms with van der Waals surface area (Å²) in [6.07, 6.45) is 5.09. The van der Waals surface area contributed by atoms with Gasteiger partial charge in [0, 0.05) is 32.5 Å². The summed E-state index contributed by atoms with van der Waals surface area (Å²) >= 11 is 0. The van der Waals surface area contributed by atoms with E-state index in [1.165, 1.54) is 14.0 Å². The molecule has 0 radical (unpaired) electrons. The van der Waals surface area contributed by atoms with Crippen LogP contribution in [0.3, 0.4) is 0 Å². The fraction of sp³-hybridized carbons (Fsp3) is 0.500. The molecule has 0 aliphatic heterocycles. The van der Waals surface area contributed by atoms with Crippen LogP contribution >= 0.6 is 0 Å². The van der Waals surface area contributed by atoms with Crippen LogP contribution in [-0.4, -0.2) is 51.2 Å². The van der Waals surface area contributed by atoms with Gasteiger partial charge in [-0.2, -0.15) is 0 Å². The molecule has 94 valence electrons. The summed E-state index contributed by atoms with van der Waals surface area (Å²) < 4.78 is 1.82. The number of hydrogen-bond donors (Lipinski definition) is 2. The average Bonchev–Trinajstić information content (AvgIpc) is 2.79. The number of likely N-dealkylation sites (N-methyl/N-ethyl adjacent to an activating group) is 1. The summed E-state index contributed by atoms with van der Waals surface area (Å²) in [7, 11) is 1.45. The predicted octanol–water partition coefficient (Wildman–Crippen LogP) is -0.00240. The highest BCUT2D eigenvalue weighted by Gasteiger charge is 2.20. The molecule has 1 heterocycles. The molecule has 0 saturated heterocycles. The molecule has 0 spiro atoms. The van der Waals surface area contributed by atoms with E-state index in [1.54, 1.807) is 18.7 Å². The van der Waals surface area contributed by atoms with Gasteiger partial charge in [-0.15, -0.1) is 0 Å². The summed E-state index contributed by atoms with van der Waals surface area (Å²) in [5.74, 6) is -1.03. The SMILES string of the molecule is CC(C(=O)O)N(C)C(=O)NCCn1ccnc1. The molecule has 0 bridgehead atoms. The first-order chi connectivity index (χ1) is 8.02. The van der Waals surface area contributed by atoms with Crippen molar-refractivity contribution in [2.24, 2.45) is 0 Å². The summed E-state index contributed by atoms with van der Waals surface area (Å²) in [6.45, 7) is 2.48. The summed E-state index contributed by atoms with van der Waals surface area (Å²) in [4.78, 5) is 27.2. The molecule has 1 aromatic heterocycles. The number of rotatable bonds is 5. The Bertz CT molecular complexity index is 377. The third-order valence-corrected chi connectivity index (χ3v) is 2.46. The monoisotopic (exact) mass is 240 g/mol. The normalized spacial score (nSPS) is 11.9. The second-order valence-corrected chi connectivity index (χ2v) is 3.66. The minimum absolute atomic E-state index is 0.403. The topological polar surface area (TPSA) is 87.5 Å². The first-order valence-electron chi connectivity index (χ1n) is 5.21. The minimum atomic E-state index is -1.03. The lowest BCUT2D eigenvalue weighted by Gasteiger charge is -2.21. The Balaban J connectivity index is 2.32. The zero-order chi connectivity index (χ0) is 12.8. The molecule has 1 rings (SSSR count). The van der Waals surface area contributed by atoms with Crippen LogP contribution in [0.2, 0.25) is 0 Å². The highest BCUT2D eigenvalue weighted by molar-refractivity contribution is 5.82. The third kappa shape index (κ3) is 3.78. The van der Waals surface area contributed by atoms with E-state index in [4.69, 9.17) is 5.11 Å². The molecular formula is C10H16N4O3. The number of urea groups is 1. The molecule has 2 N–H and O–H groups in total. The van der Waals surface area contributed by atoms with Gasteiger partial charge < -0.3 is 19.9 Å². The first-order valence-corrected chi connectivity index (χ1v) is 5.21. The van der Waals surface area contributed by atoms with Crippen LogP contribution in [0, 0.1) is 0 Å². The quantitative estimate of drug-likeness (QED) is 0.758. The average molecular weight is 240 g/mol. The third-order valence-electron chi connectivity index (χ3n) is 2.46. The van der Waals surface area contributed by atoms with E-state index in [0.29, 0.717) is 13.1 Å². The molecule has 7 nitrogen and oxygen atoms in total. The maximum atomic E-state index is 11.5. The minimum Gasteiger partial charge on any atom is -0.480 e. The second-order valence-electron chi connectivity index (χ2n) is 3.66. The standard InChI is InChI=1S/C10H16N4O3/c1-8(9(15)16)13(2)10(17)12-4-6-14-5-3-11-7-14/h3,5,7-8H,4,6H2,1-2H3,(H,12,17)(H,15,16). The van der Waals surface area contributed by atoms with Gasteiger partial charge in [-0.3, -0.25) is 0 Å². The number of carbonyl (C=O) groups is 2. The van der Waals surface area contributed by atoms with Crippen molar-refractivity contribution in [3.05, 3.63) is 18.7 Å². The molecule has 0 saturated carbocycles. The number of nitrogens with one attached hydrogen (secondary N) is 1. The number of carboxylic acid groups (broad SMARTS) is 1. The smallest absolute Gasteiger partial charge is 0.326 e. The molecule has 0 aliphatic rings. The van der Waals surface area contributed by atoms with Gasteiger partial charge in [0.1, 0.15) is 6.04 Å². The lowest BCUT2D eigenvalue weighted by Crippen LogP contribution is -2.46. The molecule has 1 aromatic rings. The van der Waals surface area contributed by atoms with Crippen LogP contribution < -0.4 is 5.32 Å². The van der Waals surface area contributed by atoms with Gasteiger partial charge in [-0.05, 0) is 6.92 Å². The Morgan fingerprint density at radius 3 is 2.82 bits per heavy atom. The Morgan fingerprint density at radius 1 is 1.59 bits per heavy atom. The van der Waals surface area contributed by atoms with Crippen molar-refractivity contribution < 1.29 is 14.7 Å². The number of hydrogen-bond acceptors (Lipinski definition) is 3. The Labute approximate surface area is 99.1 Å². The van der Waals surface area contributed by atoms with Crippen molar-refractivity contribution in [3.63, 3.8) is 0 Å². The lowest BCUT2D eigenvalue weighted by atomic mass is 10.3. The number of carboxylic acids is 1. The van der Waals surface area contributed by atoms with Crippen molar-refractivity contribution >= 4 is 12.0 Å². The van der Waals surface area contributed by atoms with E-state index in [9.17, 15) is 9.59 Å². The van der Waals surface area contributed by atoms with Gasteiger partial charge in [-0.25, -0.2) is 14.6 Å². The largest absolute Gasteiger partial charge is 0.480 e. The molecule has 1 atom stereocenters. The van der Waals surface area contributed by atoms with Crippen LogP contribution in [0.25, 0.3) is 0 Å². The fourth-order valence-corrected chi connectivity index (χ4v) is 1.18. The summed E-state index contributed by atoms with van der Waals surface area (Å²) in [6, 6.07) is -1.25. The lowest BCUT2D eigenvalue weighted by molar-refractivity contribution is -0.141. The van der Waals surface area contributed by atoms with Crippen molar-refractivity contribution in [1.29, 1.82) is 0 Å². The maximum absolute atomic E-state index is 11.5. The molecular weight excluding hydrogens is 224 g/mol. The molecule has 0 aromatic carbocycles. The number of aliphatic carboxylic acids is 1. The van der Waals surface area contributed by atoms with Gasteiger partial charge in [-0.1, -0.05) is 0 Å². The van der Waals surface area contributed by atoms with E-state index in [1.807, 2.05) is 4.57 Å². The molecule has 0 fully saturated rings. The van der Waals surface area contributed by atoms with Crippen molar-refractivity contribution in [2.45, 2.75) is 19.5 Å². The molecule has 1 unspecified atom stereocenters. The van der Waals surface area contributed by atoms with Gasteiger partial charge in [0.15, 0.2) is 0 Å². The number of amides is 2. The van der Waals surface area contributed by atoms with Crippen molar-refractivity contribution in [2.75, 3.05) is 13.6 Å². The Kier molecular flexibility index (Phi) is 4.50. The number of nitrogens with zero attached hydrogens (tertiary/aromatic N) is 3. The molecule has 2 amide bonds. The van der Waals surface area contributed by atoms with E-state index in [-0.39, 0.29) is 0 Å². The van der Waals surface area contributed by atoms with E-state index < -0.39 is 18.0 Å². The van der Waals surface area contributed by atoms with Gasteiger partial charge in [0.2, 0.25) is 0 Å². The summed E-state index contributed by atoms with van der Waals surface area (Å²) in [5.41, 5.74) is 0. The van der Waals surface area contributed by atoms with Crippen LogP contribution in [-0.2, 0) is 11.3 Å². The number of carbonyl (C=O) groups excluding carboxylic acids is 1. The van der Waals surface area contributed by atoms with Crippen LogP contribution in [0.1, 0.15) is 6.92 Å². The van der Waals surface area contributed by atoms with E-state index in [2.05, 4.69) is 10.3 Å². The second kappa shape index (κ2) is 5.88. The zero-order valence-corrected chi connectivity index (χ0v) is 9.83. The van der Waals surface area contributed by atoms with Crippen molar-refractivity contribution in [1.82, 2.24) is 19.8 Å². The summed E-state index contributed by atoms with van der Waals surface area (Å²) in [5, 5.41) is 11.4. The molecule has 17 heavy (non-hydrogen) atoms. The van der Waals surface area contributed by atoms with E-state index in [0.717, 1.165) is 4.90 Å².